The Bertz CT molecular complexity index is 2360. The molecule has 14 heteroatoms. The normalized spacial score (nSPS) is 21.7. The summed E-state index contributed by atoms with van der Waals surface area (Å²) in [5.41, 5.74) is 16.8. The van der Waals surface area contributed by atoms with Gasteiger partial charge in [0, 0.05) is 74.3 Å². The van der Waals surface area contributed by atoms with Gasteiger partial charge in [0.05, 0.1) is 24.3 Å². The molecule has 0 unspecified atom stereocenters. The first kappa shape index (κ1) is 48.7. The number of benzene rings is 2. The van der Waals surface area contributed by atoms with Gasteiger partial charge in [0.15, 0.2) is 0 Å². The fourth-order valence-corrected chi connectivity index (χ4v) is 9.66. The van der Waals surface area contributed by atoms with Crippen LogP contribution in [-0.2, 0) is 52.8 Å². The number of aromatic nitrogens is 1. The summed E-state index contributed by atoms with van der Waals surface area (Å²) < 4.78 is 14.1. The molecule has 3 aromatic rings. The molecule has 350 valence electrons. The van der Waals surface area contributed by atoms with Crippen molar-refractivity contribution >= 4 is 46.1 Å². The molecule has 5 atom stereocenters. The van der Waals surface area contributed by atoms with Crippen molar-refractivity contribution in [2.75, 3.05) is 40.4 Å². The van der Waals surface area contributed by atoms with Crippen molar-refractivity contribution < 1.29 is 33.4 Å². The lowest BCUT2D eigenvalue weighted by atomic mass is 9.84. The Balaban J connectivity index is 1.43. The van der Waals surface area contributed by atoms with Crippen LogP contribution >= 0.6 is 0 Å². The van der Waals surface area contributed by atoms with Crippen molar-refractivity contribution in [2.24, 2.45) is 23.0 Å². The predicted molar refractivity (Wildman–Crippen MR) is 254 cm³/mol. The van der Waals surface area contributed by atoms with E-state index in [4.69, 9.17) is 15.2 Å². The molecule has 0 spiro atoms. The zero-order chi connectivity index (χ0) is 47.3. The van der Waals surface area contributed by atoms with Crippen LogP contribution in [0.3, 0.4) is 0 Å². The van der Waals surface area contributed by atoms with E-state index in [-0.39, 0.29) is 43.4 Å². The fourth-order valence-electron chi connectivity index (χ4n) is 9.66. The van der Waals surface area contributed by atoms with Crippen LogP contribution in [-0.4, -0.2) is 114 Å². The van der Waals surface area contributed by atoms with Crippen LogP contribution < -0.4 is 16.5 Å². The number of allylic oxidation sites excluding steroid dienone is 3. The summed E-state index contributed by atoms with van der Waals surface area (Å²) in [5, 5.41) is 5.53. The Hall–Kier alpha value is -5.73. The number of cyclic esters (lactones) is 1. The first-order valence-electron chi connectivity index (χ1n) is 23.1. The van der Waals surface area contributed by atoms with Gasteiger partial charge in [-0.2, -0.15) is 0 Å². The van der Waals surface area contributed by atoms with Crippen LogP contribution in [0.15, 0.2) is 73.0 Å². The summed E-state index contributed by atoms with van der Waals surface area (Å²) in [6.07, 6.45) is 7.11. The number of fused-ring (bicyclic) bond motifs is 6. The Labute approximate surface area is 384 Å². The summed E-state index contributed by atoms with van der Waals surface area (Å²) in [7, 11) is 3.26. The highest BCUT2D eigenvalue weighted by molar-refractivity contribution is 5.96. The fraction of sp³-hybridized carbons (Fsp3) is 0.510. The second-order valence-corrected chi connectivity index (χ2v) is 18.9. The number of hydrogen-bond acceptors (Lipinski definition) is 9. The number of nitrogens with two attached hydrogens (primary N) is 1. The molecule has 3 aliphatic rings. The summed E-state index contributed by atoms with van der Waals surface area (Å²) in [5.74, 6) is -2.59. The number of amides is 4. The van der Waals surface area contributed by atoms with Crippen molar-refractivity contribution in [2.45, 2.75) is 111 Å². The van der Waals surface area contributed by atoms with E-state index in [2.05, 4.69) is 66.9 Å². The minimum absolute atomic E-state index is 0.121. The molecule has 1 aromatic heterocycles. The van der Waals surface area contributed by atoms with Gasteiger partial charge in [0.2, 0.25) is 17.7 Å². The maximum Gasteiger partial charge on any atom is 0.324 e. The van der Waals surface area contributed by atoms with Crippen LogP contribution in [0.1, 0.15) is 84.5 Å². The second kappa shape index (κ2) is 20.6. The zero-order valence-corrected chi connectivity index (χ0v) is 39.7. The minimum atomic E-state index is -1.05. The molecule has 4 heterocycles. The highest BCUT2D eigenvalue weighted by Gasteiger charge is 2.40. The van der Waals surface area contributed by atoms with Crippen molar-refractivity contribution in [3.05, 3.63) is 89.8 Å². The van der Waals surface area contributed by atoms with Crippen LogP contribution in [0.5, 0.6) is 0 Å². The lowest BCUT2D eigenvalue weighted by molar-refractivity contribution is -0.155. The third-order valence-electron chi connectivity index (χ3n) is 13.2. The van der Waals surface area contributed by atoms with Gasteiger partial charge < -0.3 is 34.9 Å². The van der Waals surface area contributed by atoms with Crippen molar-refractivity contribution in [3.8, 4) is 11.1 Å². The number of nitrogens with zero attached hydrogens (tertiary/aromatic N) is 4. The molecule has 2 saturated heterocycles. The number of hydrogen-bond donors (Lipinski definition) is 3. The predicted octanol–water partition coefficient (Wildman–Crippen LogP) is 5.77. The van der Waals surface area contributed by atoms with Crippen LogP contribution in [0, 0.1) is 17.3 Å². The standard InChI is InChI=1S/C51H69N7O7/c1-11-16-37(44(52)32(6)64-10)46-39-28-51(7,8)30-65-50(63)40-19-15-23-58(54-40)49(62)41(26-33-17-14-18-34(25-33)35-20-21-42(38(39)27-35)57(46)13-3)53-47(60)45(31(4)5)55(9)48(61)36-22-24-56(29-36)43(59)12-2/h11-12,14,16-18,20-21,25,27,31-32,36,40-41,45,54H,2,13,15,19,22-24,26,28-30,52H2,1,3-10H3,(H,53,60)/b16-11-,44-37+/t32-,36-,40-,41-,45-/m0/s1. The molecular weight excluding hydrogens is 823 g/mol. The largest absolute Gasteiger partial charge is 0.464 e. The van der Waals surface area contributed by atoms with E-state index in [1.165, 1.54) is 16.0 Å². The summed E-state index contributed by atoms with van der Waals surface area (Å²) in [6, 6.07) is 11.7. The van der Waals surface area contributed by atoms with Crippen LogP contribution in [0.2, 0.25) is 0 Å². The number of rotatable bonds is 11. The van der Waals surface area contributed by atoms with Gasteiger partial charge in [-0.3, -0.25) is 29.0 Å². The maximum absolute atomic E-state index is 14.7. The van der Waals surface area contributed by atoms with Gasteiger partial charge in [-0.25, -0.2) is 5.43 Å². The lowest BCUT2D eigenvalue weighted by Crippen LogP contribution is -2.62. The molecule has 0 aliphatic carbocycles. The molecule has 3 aliphatic heterocycles. The topological polar surface area (TPSA) is 169 Å². The summed E-state index contributed by atoms with van der Waals surface area (Å²) >= 11 is 0. The number of likely N-dealkylation sites (tertiary alicyclic amines) is 1. The number of esters is 1. The van der Waals surface area contributed by atoms with Gasteiger partial charge in [0.25, 0.3) is 5.91 Å². The van der Waals surface area contributed by atoms with Crippen molar-refractivity contribution in [3.63, 3.8) is 0 Å². The molecule has 2 fully saturated rings. The second-order valence-electron chi connectivity index (χ2n) is 18.9. The molecule has 6 bridgehead atoms. The third-order valence-corrected chi connectivity index (χ3v) is 13.2. The SMILES string of the molecule is C=CC(=O)N1CC[C@H](C(=O)N(C)[C@H](C(=O)N[C@H]2Cc3cccc(c3)-c3ccc4c(c3)c(c(C(/C=C\C)=C(/N)[C@H](C)OC)n4CC)CC(C)(C)COC(=O)[C@@H]3CCCN(N3)C2=O)C(C)C)C1. The number of ether oxygens (including phenoxy) is 2. The number of methoxy groups -OCH3 is 1. The highest BCUT2D eigenvalue weighted by atomic mass is 16.5. The number of aryl methyl sites for hydroxylation is 1. The highest BCUT2D eigenvalue weighted by Crippen LogP contribution is 2.40. The van der Waals surface area contributed by atoms with Crippen molar-refractivity contribution in [1.82, 2.24) is 30.1 Å². The maximum atomic E-state index is 14.7. The molecule has 0 radical (unpaired) electrons. The molecule has 6 rings (SSSR count). The number of carbonyl (C=O) groups is 5. The lowest BCUT2D eigenvalue weighted by Gasteiger charge is -2.37. The molecule has 4 N–H and O–H groups in total. The summed E-state index contributed by atoms with van der Waals surface area (Å²) in [6.45, 7) is 19.3. The number of hydrazine groups is 1. The molecule has 4 amide bonds. The first-order chi connectivity index (χ1) is 30.9. The van der Waals surface area contributed by atoms with E-state index in [9.17, 15) is 24.0 Å². The monoisotopic (exact) mass is 892 g/mol. The van der Waals surface area contributed by atoms with E-state index in [1.807, 2.05) is 58.0 Å². The third kappa shape index (κ3) is 10.5. The minimum Gasteiger partial charge on any atom is -0.464 e. The number of carbonyl (C=O) groups excluding carboxylic acids is 5. The van der Waals surface area contributed by atoms with Gasteiger partial charge in [-0.15, -0.1) is 0 Å². The smallest absolute Gasteiger partial charge is 0.324 e. The van der Waals surface area contributed by atoms with Gasteiger partial charge in [-0.05, 0) is 92.8 Å². The van der Waals surface area contributed by atoms with E-state index in [0.717, 1.165) is 44.4 Å². The van der Waals surface area contributed by atoms with E-state index in [1.54, 1.807) is 19.1 Å². The van der Waals surface area contributed by atoms with Crippen LogP contribution in [0.25, 0.3) is 27.6 Å². The Morgan fingerprint density at radius 2 is 1.83 bits per heavy atom. The molecule has 14 nitrogen and oxygen atoms in total. The average Bonchev–Trinajstić information content (AvgIpc) is 3.91. The van der Waals surface area contributed by atoms with Crippen molar-refractivity contribution in [1.29, 1.82) is 0 Å². The average molecular weight is 892 g/mol. The Morgan fingerprint density at radius 1 is 1.09 bits per heavy atom. The number of nitrogens with one attached hydrogen (secondary N) is 2. The van der Waals surface area contributed by atoms with Gasteiger partial charge in [-0.1, -0.05) is 76.8 Å². The van der Waals surface area contributed by atoms with Gasteiger partial charge in [0.1, 0.15) is 18.1 Å². The van der Waals surface area contributed by atoms with E-state index in [0.29, 0.717) is 51.0 Å². The first-order valence-corrected chi connectivity index (χ1v) is 23.1. The number of likely N-dealkylation sites (N-methyl/N-ethyl adjacent to an activating group) is 1. The Kier molecular flexibility index (Phi) is 15.5. The zero-order valence-electron chi connectivity index (χ0n) is 39.7. The molecular formula is C51H69N7O7. The molecule has 2 aromatic carbocycles. The quantitative estimate of drug-likeness (QED) is 0.123. The Morgan fingerprint density at radius 3 is 2.51 bits per heavy atom. The summed E-state index contributed by atoms with van der Waals surface area (Å²) in [4.78, 5) is 72.3. The molecule has 0 saturated carbocycles. The van der Waals surface area contributed by atoms with Crippen LogP contribution in [0.4, 0.5) is 0 Å². The van der Waals surface area contributed by atoms with E-state index >= 15 is 0 Å². The van der Waals surface area contributed by atoms with Gasteiger partial charge >= 0.3 is 5.97 Å². The van der Waals surface area contributed by atoms with E-state index < -0.39 is 47.2 Å². The molecule has 65 heavy (non-hydrogen) atoms.